The minimum absolute atomic E-state index is 0.267. The van der Waals surface area contributed by atoms with E-state index >= 15 is 0 Å². The number of carbonyl (C=O) groups is 1. The quantitative estimate of drug-likeness (QED) is 0.561. The van der Waals surface area contributed by atoms with Crippen LogP contribution in [0.3, 0.4) is 0 Å². The van der Waals surface area contributed by atoms with Crippen molar-refractivity contribution in [2.24, 2.45) is 0 Å². The summed E-state index contributed by atoms with van der Waals surface area (Å²) in [6.45, 7) is 0. The van der Waals surface area contributed by atoms with Crippen LogP contribution in [0.25, 0.3) is 21.1 Å². The zero-order valence-electron chi connectivity index (χ0n) is 11.6. The molecule has 1 amide bonds. The Bertz CT molecular complexity index is 922. The van der Waals surface area contributed by atoms with E-state index in [0.29, 0.717) is 10.8 Å². The number of thiophene rings is 2. The minimum atomic E-state index is -0.267. The first-order chi connectivity index (χ1) is 11.3. The molecule has 0 aliphatic heterocycles. The van der Waals surface area contributed by atoms with Gasteiger partial charge in [-0.15, -0.1) is 34.0 Å². The maximum absolute atomic E-state index is 12.3. The Morgan fingerprint density at radius 3 is 2.61 bits per heavy atom. The summed E-state index contributed by atoms with van der Waals surface area (Å²) in [6, 6.07) is 9.67. The second kappa shape index (κ2) is 6.07. The molecule has 0 atom stereocenters. The number of nitrogens with one attached hydrogen (secondary N) is 2. The largest absolute Gasteiger partial charge is 0.296 e. The van der Waals surface area contributed by atoms with Crippen LogP contribution >= 0.6 is 34.0 Å². The van der Waals surface area contributed by atoms with Gasteiger partial charge in [-0.25, -0.2) is 4.98 Å². The van der Waals surface area contributed by atoms with E-state index in [2.05, 4.69) is 20.5 Å². The van der Waals surface area contributed by atoms with Gasteiger partial charge in [0.15, 0.2) is 10.8 Å². The van der Waals surface area contributed by atoms with Crippen LogP contribution in [-0.2, 0) is 0 Å². The van der Waals surface area contributed by atoms with E-state index in [9.17, 15) is 4.79 Å². The van der Waals surface area contributed by atoms with E-state index in [4.69, 9.17) is 0 Å². The number of hydrogen-bond donors (Lipinski definition) is 2. The lowest BCUT2D eigenvalue weighted by Gasteiger charge is -1.96. The van der Waals surface area contributed by atoms with Crippen molar-refractivity contribution in [3.05, 3.63) is 52.2 Å². The Hall–Kier alpha value is -2.29. The third kappa shape index (κ3) is 2.96. The van der Waals surface area contributed by atoms with Crippen LogP contribution in [0.1, 0.15) is 10.5 Å². The number of carbonyl (C=O) groups excluding carboxylic acids is 1. The Morgan fingerprint density at radius 2 is 1.87 bits per heavy atom. The number of aromatic nitrogens is 3. The van der Waals surface area contributed by atoms with Crippen LogP contribution in [0.4, 0.5) is 5.13 Å². The molecule has 0 spiro atoms. The molecule has 4 aromatic heterocycles. The zero-order chi connectivity index (χ0) is 15.6. The summed E-state index contributed by atoms with van der Waals surface area (Å²) in [7, 11) is 0. The van der Waals surface area contributed by atoms with Gasteiger partial charge in [-0.2, -0.15) is 5.10 Å². The van der Waals surface area contributed by atoms with Crippen molar-refractivity contribution in [1.29, 1.82) is 0 Å². The summed E-state index contributed by atoms with van der Waals surface area (Å²) in [4.78, 5) is 18.8. The van der Waals surface area contributed by atoms with Crippen LogP contribution in [-0.4, -0.2) is 21.1 Å². The number of nitrogens with zero attached hydrogens (tertiary/aromatic N) is 2. The van der Waals surface area contributed by atoms with Gasteiger partial charge in [0.2, 0.25) is 0 Å². The molecule has 0 saturated carbocycles. The average molecular weight is 358 g/mol. The zero-order valence-corrected chi connectivity index (χ0v) is 14.1. The molecule has 8 heteroatoms. The summed E-state index contributed by atoms with van der Waals surface area (Å²) in [5, 5.41) is 16.2. The molecule has 23 heavy (non-hydrogen) atoms. The number of H-pyrrole nitrogens is 1. The maximum atomic E-state index is 12.3. The van der Waals surface area contributed by atoms with Gasteiger partial charge in [0.05, 0.1) is 21.1 Å². The lowest BCUT2D eigenvalue weighted by atomic mass is 10.3. The van der Waals surface area contributed by atoms with Gasteiger partial charge in [0.1, 0.15) is 0 Å². The number of rotatable bonds is 4. The first-order valence-electron chi connectivity index (χ1n) is 6.69. The lowest BCUT2D eigenvalue weighted by molar-refractivity contribution is 0.102. The summed E-state index contributed by atoms with van der Waals surface area (Å²) in [5.41, 5.74) is 2.06. The van der Waals surface area contributed by atoms with Gasteiger partial charge < -0.3 is 0 Å². The highest BCUT2D eigenvalue weighted by Gasteiger charge is 2.14. The van der Waals surface area contributed by atoms with Crippen LogP contribution in [0.5, 0.6) is 0 Å². The van der Waals surface area contributed by atoms with Crippen molar-refractivity contribution in [3.8, 4) is 21.1 Å². The van der Waals surface area contributed by atoms with Crippen molar-refractivity contribution in [1.82, 2.24) is 15.2 Å². The summed E-state index contributed by atoms with van der Waals surface area (Å²) < 4.78 is 0. The fraction of sp³-hybridized carbons (Fsp3) is 0. The van der Waals surface area contributed by atoms with E-state index < -0.39 is 0 Å². The molecule has 0 aromatic carbocycles. The van der Waals surface area contributed by atoms with Crippen molar-refractivity contribution in [2.75, 3.05) is 5.32 Å². The van der Waals surface area contributed by atoms with Crippen molar-refractivity contribution < 1.29 is 4.79 Å². The Labute approximate surface area is 143 Å². The van der Waals surface area contributed by atoms with E-state index in [0.717, 1.165) is 21.1 Å². The van der Waals surface area contributed by atoms with Gasteiger partial charge in [-0.05, 0) is 29.0 Å². The number of hydrogen-bond acceptors (Lipinski definition) is 6. The average Bonchev–Trinajstić information content (AvgIpc) is 3.30. The van der Waals surface area contributed by atoms with Gasteiger partial charge in [0.25, 0.3) is 5.91 Å². The number of aromatic amines is 1. The third-order valence-corrected chi connectivity index (χ3v) is 5.65. The molecule has 0 unspecified atom stereocenters. The molecule has 0 bridgehead atoms. The summed E-state index contributed by atoms with van der Waals surface area (Å²) >= 11 is 4.62. The smallest absolute Gasteiger partial charge is 0.277 e. The fourth-order valence-electron chi connectivity index (χ4n) is 2.03. The SMILES string of the molecule is O=C(Nc1nc(-c2cccs2)cs1)c1cc(-c2cccs2)[nH]n1. The third-order valence-electron chi connectivity index (χ3n) is 3.10. The molecule has 0 aliphatic rings. The minimum Gasteiger partial charge on any atom is -0.296 e. The van der Waals surface area contributed by atoms with Crippen molar-refractivity contribution >= 4 is 45.0 Å². The normalized spacial score (nSPS) is 10.8. The van der Waals surface area contributed by atoms with E-state index in [1.807, 2.05) is 40.4 Å². The highest BCUT2D eigenvalue weighted by molar-refractivity contribution is 7.16. The van der Waals surface area contributed by atoms with Crippen LogP contribution in [0.2, 0.25) is 0 Å². The predicted molar refractivity (Wildman–Crippen MR) is 95.3 cm³/mol. The maximum Gasteiger partial charge on any atom is 0.277 e. The van der Waals surface area contributed by atoms with Crippen LogP contribution in [0, 0.1) is 0 Å². The van der Waals surface area contributed by atoms with Gasteiger partial charge in [0, 0.05) is 5.38 Å². The molecule has 2 N–H and O–H groups in total. The molecule has 0 aliphatic carbocycles. The molecule has 0 fully saturated rings. The monoisotopic (exact) mass is 358 g/mol. The molecule has 4 aromatic rings. The molecule has 0 radical (unpaired) electrons. The van der Waals surface area contributed by atoms with Crippen LogP contribution < -0.4 is 5.32 Å². The highest BCUT2D eigenvalue weighted by atomic mass is 32.1. The van der Waals surface area contributed by atoms with E-state index in [1.165, 1.54) is 11.3 Å². The topological polar surface area (TPSA) is 70.7 Å². The number of amides is 1. The number of anilines is 1. The van der Waals surface area contributed by atoms with Gasteiger partial charge in [-0.1, -0.05) is 12.1 Å². The van der Waals surface area contributed by atoms with Gasteiger partial charge in [-0.3, -0.25) is 15.2 Å². The molecule has 5 nitrogen and oxygen atoms in total. The van der Waals surface area contributed by atoms with Crippen molar-refractivity contribution in [2.45, 2.75) is 0 Å². The number of thiazole rings is 1. The lowest BCUT2D eigenvalue weighted by Crippen LogP contribution is -2.12. The second-order valence-electron chi connectivity index (χ2n) is 4.61. The fourth-order valence-corrected chi connectivity index (χ4v) is 4.18. The van der Waals surface area contributed by atoms with Crippen LogP contribution in [0.15, 0.2) is 46.5 Å². The standard InChI is InChI=1S/C15H10N4OS3/c20-14(10-7-9(18-19-10)12-3-1-5-21-12)17-15-16-11(8-23-15)13-4-2-6-22-13/h1-8H,(H,18,19)(H,16,17,20). The molecular weight excluding hydrogens is 348 g/mol. The highest BCUT2D eigenvalue weighted by Crippen LogP contribution is 2.28. The Kier molecular flexibility index (Phi) is 3.78. The Morgan fingerprint density at radius 1 is 1.09 bits per heavy atom. The molecule has 114 valence electrons. The second-order valence-corrected chi connectivity index (χ2v) is 7.37. The first-order valence-corrected chi connectivity index (χ1v) is 9.33. The molecule has 4 heterocycles. The van der Waals surface area contributed by atoms with Gasteiger partial charge >= 0.3 is 0 Å². The predicted octanol–water partition coefficient (Wildman–Crippen LogP) is 4.58. The first kappa shape index (κ1) is 14.3. The van der Waals surface area contributed by atoms with Crippen molar-refractivity contribution in [3.63, 3.8) is 0 Å². The van der Waals surface area contributed by atoms with E-state index in [1.54, 1.807) is 28.7 Å². The van der Waals surface area contributed by atoms with E-state index in [-0.39, 0.29) is 5.91 Å². The molecular formula is C15H10N4OS3. The molecule has 0 saturated heterocycles. The summed E-state index contributed by atoms with van der Waals surface area (Å²) in [5.74, 6) is -0.267. The molecule has 4 rings (SSSR count). The Balaban J connectivity index is 1.50. The summed E-state index contributed by atoms with van der Waals surface area (Å²) in [6.07, 6.45) is 0.